The summed E-state index contributed by atoms with van der Waals surface area (Å²) in [4.78, 5) is 34.7. The van der Waals surface area contributed by atoms with Crippen LogP contribution >= 0.6 is 0 Å². The molecule has 112 valence electrons. The summed E-state index contributed by atoms with van der Waals surface area (Å²) < 4.78 is 10.2. The van der Waals surface area contributed by atoms with Crippen LogP contribution < -0.4 is 10.4 Å². The summed E-state index contributed by atoms with van der Waals surface area (Å²) in [5, 5.41) is 8.92. The molecule has 0 saturated carbocycles. The first kappa shape index (κ1) is 14.1. The molecule has 0 amide bonds. The Hall–Kier alpha value is -2.89. The van der Waals surface area contributed by atoms with Crippen LogP contribution in [0.25, 0.3) is 0 Å². The van der Waals surface area contributed by atoms with Gasteiger partial charge in [0.15, 0.2) is 0 Å². The van der Waals surface area contributed by atoms with Gasteiger partial charge in [-0.2, -0.15) is 0 Å². The maximum atomic E-state index is 12.1. The van der Waals surface area contributed by atoms with Gasteiger partial charge >= 0.3 is 17.6 Å². The molecule has 1 atom stereocenters. The van der Waals surface area contributed by atoms with Crippen molar-refractivity contribution in [1.82, 2.24) is 0 Å². The smallest absolute Gasteiger partial charge is 0.343 e. The van der Waals surface area contributed by atoms with Crippen LogP contribution in [-0.2, 0) is 4.79 Å². The molecule has 0 fully saturated rings. The van der Waals surface area contributed by atoms with E-state index >= 15 is 0 Å². The molecule has 1 aromatic carbocycles. The van der Waals surface area contributed by atoms with E-state index in [9.17, 15) is 14.4 Å². The van der Waals surface area contributed by atoms with Crippen LogP contribution in [-0.4, -0.2) is 17.0 Å². The van der Waals surface area contributed by atoms with Gasteiger partial charge in [-0.1, -0.05) is 12.1 Å². The van der Waals surface area contributed by atoms with Gasteiger partial charge < -0.3 is 14.3 Å². The third-order valence-corrected chi connectivity index (χ3v) is 3.58. The molecule has 0 spiro atoms. The van der Waals surface area contributed by atoms with Crippen LogP contribution in [0.5, 0.6) is 5.75 Å². The number of aryl methyl sites for hydroxylation is 1. The number of carboxylic acid groups (broad SMARTS) is 1. The summed E-state index contributed by atoms with van der Waals surface area (Å²) in [5.41, 5.74) is 0.542. The maximum Gasteiger partial charge on any atom is 0.343 e. The van der Waals surface area contributed by atoms with Crippen molar-refractivity contribution in [1.29, 1.82) is 0 Å². The van der Waals surface area contributed by atoms with E-state index in [2.05, 4.69) is 0 Å². The largest absolute Gasteiger partial charge is 0.478 e. The number of carboxylic acids is 1. The van der Waals surface area contributed by atoms with Crippen molar-refractivity contribution in [3.63, 3.8) is 0 Å². The second-order valence-corrected chi connectivity index (χ2v) is 5.08. The van der Waals surface area contributed by atoms with Crippen LogP contribution in [0.2, 0.25) is 0 Å². The van der Waals surface area contributed by atoms with Crippen molar-refractivity contribution in [3.05, 3.63) is 63.2 Å². The second-order valence-electron chi connectivity index (χ2n) is 5.08. The summed E-state index contributed by atoms with van der Waals surface area (Å²) >= 11 is 0. The molecule has 2 aromatic rings. The van der Waals surface area contributed by atoms with Crippen LogP contribution in [0.15, 0.2) is 39.5 Å². The highest BCUT2D eigenvalue weighted by atomic mass is 16.5. The lowest BCUT2D eigenvalue weighted by atomic mass is 9.87. The Bertz CT molecular complexity index is 816. The molecule has 0 saturated heterocycles. The van der Waals surface area contributed by atoms with E-state index in [1.54, 1.807) is 19.1 Å². The van der Waals surface area contributed by atoms with Gasteiger partial charge in [-0.05, 0) is 24.6 Å². The van der Waals surface area contributed by atoms with Gasteiger partial charge in [0.25, 0.3) is 0 Å². The van der Waals surface area contributed by atoms with E-state index in [0.29, 0.717) is 11.3 Å². The number of hydrogen-bond acceptors (Lipinski definition) is 5. The molecule has 22 heavy (non-hydrogen) atoms. The fourth-order valence-electron chi connectivity index (χ4n) is 2.57. The van der Waals surface area contributed by atoms with Gasteiger partial charge in [-0.15, -0.1) is 0 Å². The summed E-state index contributed by atoms with van der Waals surface area (Å²) in [6.45, 7) is 1.60. The number of esters is 1. The number of carbonyl (C=O) groups is 2. The molecule has 0 radical (unpaired) electrons. The Labute approximate surface area is 125 Å². The van der Waals surface area contributed by atoms with Gasteiger partial charge in [0.1, 0.15) is 11.5 Å². The minimum Gasteiger partial charge on any atom is -0.478 e. The van der Waals surface area contributed by atoms with Gasteiger partial charge in [0.2, 0.25) is 0 Å². The number of benzene rings is 1. The summed E-state index contributed by atoms with van der Waals surface area (Å²) in [6, 6.07) is 7.57. The number of aromatic carboxylic acids is 1. The lowest BCUT2D eigenvalue weighted by molar-refractivity contribution is -0.135. The van der Waals surface area contributed by atoms with E-state index in [4.69, 9.17) is 14.3 Å². The van der Waals surface area contributed by atoms with E-state index in [0.717, 1.165) is 0 Å². The fourth-order valence-corrected chi connectivity index (χ4v) is 2.57. The Morgan fingerprint density at radius 1 is 1.23 bits per heavy atom. The first-order valence-corrected chi connectivity index (χ1v) is 6.64. The quantitative estimate of drug-likeness (QED) is 0.853. The molecule has 1 aliphatic rings. The second kappa shape index (κ2) is 5.14. The molecule has 0 aliphatic carbocycles. The first-order chi connectivity index (χ1) is 10.5. The number of carbonyl (C=O) groups excluding carboxylic acids is 1. The molecule has 6 heteroatoms. The summed E-state index contributed by atoms with van der Waals surface area (Å²) in [6.07, 6.45) is 0.00718. The third-order valence-electron chi connectivity index (χ3n) is 3.58. The molecular weight excluding hydrogens is 288 g/mol. The topological polar surface area (TPSA) is 93.8 Å². The molecular formula is C16H12O6. The Kier molecular flexibility index (Phi) is 3.29. The highest BCUT2D eigenvalue weighted by Crippen LogP contribution is 2.36. The zero-order chi connectivity index (χ0) is 15.9. The zero-order valence-corrected chi connectivity index (χ0v) is 11.7. The average Bonchev–Trinajstić information content (AvgIpc) is 2.45. The Balaban J connectivity index is 2.11. The first-order valence-electron chi connectivity index (χ1n) is 6.64. The molecule has 1 N–H and O–H groups in total. The monoisotopic (exact) mass is 300 g/mol. The van der Waals surface area contributed by atoms with Gasteiger partial charge in [-0.3, -0.25) is 4.79 Å². The predicted octanol–water partition coefficient (Wildman–Crippen LogP) is 2.09. The Morgan fingerprint density at radius 2 is 1.91 bits per heavy atom. The number of fused-ring (bicyclic) bond motifs is 1. The molecule has 1 aliphatic heterocycles. The van der Waals surface area contributed by atoms with Gasteiger partial charge in [0, 0.05) is 12.0 Å². The molecule has 6 nitrogen and oxygen atoms in total. The fraction of sp³-hybridized carbons (Fsp3) is 0.188. The van der Waals surface area contributed by atoms with Crippen LogP contribution in [0.1, 0.15) is 39.6 Å². The van der Waals surface area contributed by atoms with E-state index in [-0.39, 0.29) is 23.3 Å². The van der Waals surface area contributed by atoms with E-state index < -0.39 is 23.5 Å². The molecule has 0 bridgehead atoms. The van der Waals surface area contributed by atoms with Crippen molar-refractivity contribution in [3.8, 4) is 5.75 Å². The van der Waals surface area contributed by atoms with Crippen LogP contribution in [0.3, 0.4) is 0 Å². The number of rotatable bonds is 2. The highest BCUT2D eigenvalue weighted by Gasteiger charge is 2.32. The predicted molar refractivity (Wildman–Crippen MR) is 75.2 cm³/mol. The normalized spacial score (nSPS) is 16.8. The third kappa shape index (κ3) is 2.39. The van der Waals surface area contributed by atoms with Crippen molar-refractivity contribution < 1.29 is 23.8 Å². The van der Waals surface area contributed by atoms with Crippen LogP contribution in [0, 0.1) is 6.92 Å². The van der Waals surface area contributed by atoms with Crippen LogP contribution in [0.4, 0.5) is 0 Å². The molecule has 0 unspecified atom stereocenters. The van der Waals surface area contributed by atoms with Gasteiger partial charge in [-0.25, -0.2) is 9.59 Å². The number of ether oxygens (including phenoxy) is 1. The molecule has 3 rings (SSSR count). The Morgan fingerprint density at radius 3 is 2.55 bits per heavy atom. The van der Waals surface area contributed by atoms with Crippen molar-refractivity contribution >= 4 is 11.9 Å². The minimum absolute atomic E-state index is 0.00718. The van der Waals surface area contributed by atoms with E-state index in [1.165, 1.54) is 18.2 Å². The van der Waals surface area contributed by atoms with Crippen molar-refractivity contribution in [2.45, 2.75) is 19.3 Å². The van der Waals surface area contributed by atoms with Crippen molar-refractivity contribution in [2.75, 3.05) is 0 Å². The molecule has 1 aromatic heterocycles. The van der Waals surface area contributed by atoms with E-state index in [1.807, 2.05) is 0 Å². The average molecular weight is 300 g/mol. The maximum absolute atomic E-state index is 12.1. The zero-order valence-electron chi connectivity index (χ0n) is 11.7. The lowest BCUT2D eigenvalue weighted by Gasteiger charge is -2.23. The number of hydrogen-bond donors (Lipinski definition) is 1. The summed E-state index contributed by atoms with van der Waals surface area (Å²) in [5.74, 6) is -1.42. The molecule has 2 heterocycles. The van der Waals surface area contributed by atoms with Crippen molar-refractivity contribution in [2.24, 2.45) is 0 Å². The lowest BCUT2D eigenvalue weighted by Crippen LogP contribution is -2.26. The highest BCUT2D eigenvalue weighted by molar-refractivity contribution is 5.87. The SMILES string of the molecule is Cc1cc2c(c(=O)o1)[C@H](c1ccc(C(=O)O)cc1)CC(=O)O2. The summed E-state index contributed by atoms with van der Waals surface area (Å²) in [7, 11) is 0. The minimum atomic E-state index is -1.04. The van der Waals surface area contributed by atoms with Gasteiger partial charge in [0.05, 0.1) is 17.5 Å². The standard InChI is InChI=1S/C16H12O6/c1-8-6-12-14(16(20)21-8)11(7-13(17)22-12)9-2-4-10(5-3-9)15(18)19/h2-6,11H,7H2,1H3,(H,18,19)/t11-/m0/s1.